The largest absolute Gasteiger partial charge is 0.480 e. The van der Waals surface area contributed by atoms with Crippen molar-refractivity contribution in [3.05, 3.63) is 11.6 Å². The molecule has 0 radical (unpaired) electrons. The fourth-order valence-corrected chi connectivity index (χ4v) is 5.03. The van der Waals surface area contributed by atoms with E-state index in [9.17, 15) is 9.90 Å². The highest BCUT2D eigenvalue weighted by Crippen LogP contribution is 2.37. The van der Waals surface area contributed by atoms with Crippen molar-refractivity contribution in [3.8, 4) is 0 Å². The van der Waals surface area contributed by atoms with Gasteiger partial charge in [0, 0.05) is 22.8 Å². The Labute approximate surface area is 152 Å². The molecule has 1 saturated heterocycles. The van der Waals surface area contributed by atoms with E-state index in [0.29, 0.717) is 6.42 Å². The molecule has 2 fully saturated rings. The number of hydrazine groups is 1. The first-order chi connectivity index (χ1) is 11.0. The van der Waals surface area contributed by atoms with Gasteiger partial charge in [-0.05, 0) is 44.9 Å². The van der Waals surface area contributed by atoms with Gasteiger partial charge in [-0.1, -0.05) is 11.6 Å². The highest BCUT2D eigenvalue weighted by atomic mass is 35.5. The average Bonchev–Trinajstić information content (AvgIpc) is 2.93. The van der Waals surface area contributed by atoms with E-state index in [2.05, 4.69) is 16.5 Å². The molecule has 2 aliphatic carbocycles. The standard InChI is InChI=1S/C16H23Cl3N2O2/c17-10-3-1-9(2-4-10)15-8-13(16(22)23)20-21(15)14-6-5-11(18)7-12(14)19/h1,10-15,20H,2-8H2,(H,22,23)/t10?,11-,12?,13?,14+,15?/m0/s1. The zero-order valence-electron chi connectivity index (χ0n) is 12.9. The molecule has 1 heterocycles. The van der Waals surface area contributed by atoms with Crippen LogP contribution in [0.2, 0.25) is 0 Å². The molecule has 7 heteroatoms. The first-order valence-corrected chi connectivity index (χ1v) is 9.65. The van der Waals surface area contributed by atoms with Gasteiger partial charge in [-0.3, -0.25) is 4.79 Å². The van der Waals surface area contributed by atoms with Gasteiger partial charge in [-0.25, -0.2) is 10.4 Å². The summed E-state index contributed by atoms with van der Waals surface area (Å²) in [7, 11) is 0. The molecule has 0 spiro atoms. The molecule has 130 valence electrons. The molecule has 3 aliphatic rings. The number of halogens is 3. The van der Waals surface area contributed by atoms with Crippen LogP contribution in [0.15, 0.2) is 11.6 Å². The summed E-state index contributed by atoms with van der Waals surface area (Å²) in [5, 5.41) is 11.8. The van der Waals surface area contributed by atoms with E-state index in [4.69, 9.17) is 34.8 Å². The monoisotopic (exact) mass is 380 g/mol. The van der Waals surface area contributed by atoms with Gasteiger partial charge in [0.15, 0.2) is 0 Å². The van der Waals surface area contributed by atoms with Crippen molar-refractivity contribution in [2.24, 2.45) is 0 Å². The number of carboxylic acids is 1. The predicted molar refractivity (Wildman–Crippen MR) is 93.3 cm³/mol. The van der Waals surface area contributed by atoms with E-state index in [0.717, 1.165) is 38.5 Å². The van der Waals surface area contributed by atoms with Crippen molar-refractivity contribution in [1.82, 2.24) is 10.4 Å². The molecule has 0 aromatic rings. The van der Waals surface area contributed by atoms with Crippen molar-refractivity contribution in [1.29, 1.82) is 0 Å². The van der Waals surface area contributed by atoms with Crippen LogP contribution in [0.4, 0.5) is 0 Å². The van der Waals surface area contributed by atoms with E-state index in [-0.39, 0.29) is 28.2 Å². The molecule has 0 aromatic heterocycles. The van der Waals surface area contributed by atoms with E-state index >= 15 is 0 Å². The summed E-state index contributed by atoms with van der Waals surface area (Å²) in [6.45, 7) is 0. The maximum atomic E-state index is 11.5. The molecular weight excluding hydrogens is 359 g/mol. The molecular formula is C16H23Cl3N2O2. The number of aliphatic carboxylic acids is 1. The lowest BCUT2D eigenvalue weighted by Crippen LogP contribution is -2.54. The number of allylic oxidation sites excluding steroid dienone is 1. The Morgan fingerprint density at radius 3 is 2.57 bits per heavy atom. The topological polar surface area (TPSA) is 52.6 Å². The predicted octanol–water partition coefficient (Wildman–Crippen LogP) is 3.50. The summed E-state index contributed by atoms with van der Waals surface area (Å²) >= 11 is 19.0. The van der Waals surface area contributed by atoms with Gasteiger partial charge in [0.05, 0.1) is 5.38 Å². The van der Waals surface area contributed by atoms with Gasteiger partial charge in [0.2, 0.25) is 0 Å². The van der Waals surface area contributed by atoms with Gasteiger partial charge in [0.25, 0.3) is 0 Å². The van der Waals surface area contributed by atoms with E-state index in [1.54, 1.807) is 0 Å². The molecule has 0 bridgehead atoms. The summed E-state index contributed by atoms with van der Waals surface area (Å²) < 4.78 is 0. The van der Waals surface area contributed by atoms with Crippen LogP contribution in [-0.2, 0) is 4.79 Å². The quantitative estimate of drug-likeness (QED) is 0.580. The second-order valence-corrected chi connectivity index (χ2v) is 8.62. The lowest BCUT2D eigenvalue weighted by molar-refractivity contribution is -0.139. The fourth-order valence-electron chi connectivity index (χ4n) is 3.96. The van der Waals surface area contributed by atoms with Gasteiger partial charge in [-0.15, -0.1) is 34.8 Å². The van der Waals surface area contributed by atoms with Gasteiger partial charge < -0.3 is 5.11 Å². The van der Waals surface area contributed by atoms with Crippen molar-refractivity contribution >= 4 is 40.8 Å². The summed E-state index contributed by atoms with van der Waals surface area (Å²) in [4.78, 5) is 11.5. The number of alkyl halides is 3. The van der Waals surface area contributed by atoms with Crippen molar-refractivity contribution in [2.45, 2.75) is 79.2 Å². The van der Waals surface area contributed by atoms with Crippen molar-refractivity contribution in [2.75, 3.05) is 0 Å². The first-order valence-electron chi connectivity index (χ1n) is 8.34. The first kappa shape index (κ1) is 17.8. The Kier molecular flexibility index (Phi) is 5.80. The SMILES string of the molecule is O=C(O)C1CC(C2=CCC(Cl)CC2)N([C@@H]2CC[C@H](Cl)CC2Cl)N1. The van der Waals surface area contributed by atoms with Crippen LogP contribution >= 0.6 is 34.8 Å². The third-order valence-corrected chi connectivity index (χ3v) is 6.50. The maximum Gasteiger partial charge on any atom is 0.322 e. The highest BCUT2D eigenvalue weighted by Gasteiger charge is 2.44. The van der Waals surface area contributed by atoms with Gasteiger partial charge in [0.1, 0.15) is 6.04 Å². The number of carbonyl (C=O) groups is 1. The van der Waals surface area contributed by atoms with Crippen LogP contribution < -0.4 is 5.43 Å². The normalized spacial score (nSPS) is 42.5. The third kappa shape index (κ3) is 3.98. The van der Waals surface area contributed by atoms with Gasteiger partial charge >= 0.3 is 5.97 Å². The fraction of sp³-hybridized carbons (Fsp3) is 0.812. The lowest BCUT2D eigenvalue weighted by atomic mass is 9.88. The van der Waals surface area contributed by atoms with Crippen molar-refractivity contribution in [3.63, 3.8) is 0 Å². The molecule has 3 rings (SSSR count). The van der Waals surface area contributed by atoms with E-state index < -0.39 is 12.0 Å². The second kappa shape index (κ2) is 7.49. The molecule has 2 N–H and O–H groups in total. The van der Waals surface area contributed by atoms with E-state index in [1.165, 1.54) is 5.57 Å². The number of hydrogen-bond donors (Lipinski definition) is 2. The smallest absolute Gasteiger partial charge is 0.322 e. The highest BCUT2D eigenvalue weighted by molar-refractivity contribution is 6.24. The number of rotatable bonds is 3. The number of nitrogens with one attached hydrogen (secondary N) is 1. The van der Waals surface area contributed by atoms with Crippen LogP contribution in [0.3, 0.4) is 0 Å². The molecule has 4 unspecified atom stereocenters. The Hall–Kier alpha value is -0.0000000000000000763. The van der Waals surface area contributed by atoms with Crippen molar-refractivity contribution < 1.29 is 9.90 Å². The molecule has 1 aliphatic heterocycles. The summed E-state index contributed by atoms with van der Waals surface area (Å²) in [6.07, 6.45) is 8.09. The van der Waals surface area contributed by atoms with Crippen LogP contribution in [0, 0.1) is 0 Å². The second-order valence-electron chi connectivity index (χ2n) is 6.82. The number of nitrogens with zero attached hydrogens (tertiary/aromatic N) is 1. The number of hydrogen-bond acceptors (Lipinski definition) is 3. The summed E-state index contributed by atoms with van der Waals surface area (Å²) in [5.74, 6) is -0.804. The average molecular weight is 382 g/mol. The zero-order chi connectivity index (χ0) is 16.6. The van der Waals surface area contributed by atoms with Gasteiger partial charge in [-0.2, -0.15) is 0 Å². The molecule has 6 atom stereocenters. The maximum absolute atomic E-state index is 11.5. The molecule has 0 aromatic carbocycles. The van der Waals surface area contributed by atoms with Crippen LogP contribution in [0.1, 0.15) is 44.9 Å². The Bertz CT molecular complexity index is 488. The number of carboxylic acid groups (broad SMARTS) is 1. The zero-order valence-corrected chi connectivity index (χ0v) is 15.2. The molecule has 1 saturated carbocycles. The summed E-state index contributed by atoms with van der Waals surface area (Å²) in [6, 6.07) is -0.332. The Morgan fingerprint density at radius 2 is 1.96 bits per heavy atom. The third-order valence-electron chi connectivity index (χ3n) is 5.24. The minimum absolute atomic E-state index is 0.0567. The van der Waals surface area contributed by atoms with Crippen LogP contribution in [0.5, 0.6) is 0 Å². The Morgan fingerprint density at radius 1 is 1.17 bits per heavy atom. The lowest BCUT2D eigenvalue weighted by Gasteiger charge is -2.40. The van der Waals surface area contributed by atoms with Crippen LogP contribution in [0.25, 0.3) is 0 Å². The minimum Gasteiger partial charge on any atom is -0.480 e. The molecule has 4 nitrogen and oxygen atoms in total. The molecule has 0 amide bonds. The Balaban J connectivity index is 1.78. The summed E-state index contributed by atoms with van der Waals surface area (Å²) in [5.41, 5.74) is 4.50. The molecule has 23 heavy (non-hydrogen) atoms. The van der Waals surface area contributed by atoms with Crippen LogP contribution in [-0.4, -0.2) is 50.3 Å². The minimum atomic E-state index is -0.804. The van der Waals surface area contributed by atoms with E-state index in [1.807, 2.05) is 0 Å².